The number of nitrogens with zero attached hydrogens (tertiary/aromatic N) is 3. The lowest BCUT2D eigenvalue weighted by atomic mass is 9.89. The molecule has 5 nitrogen and oxygen atoms in total. The fourth-order valence-corrected chi connectivity index (χ4v) is 3.85. The predicted molar refractivity (Wildman–Crippen MR) is 102 cm³/mol. The van der Waals surface area contributed by atoms with E-state index in [1.54, 1.807) is 0 Å². The second kappa shape index (κ2) is 7.58. The molecular weight excluding hydrogens is 348 g/mol. The first-order valence-corrected chi connectivity index (χ1v) is 9.16. The van der Waals surface area contributed by atoms with Crippen molar-refractivity contribution in [1.29, 1.82) is 0 Å². The van der Waals surface area contributed by atoms with E-state index < -0.39 is 0 Å². The van der Waals surface area contributed by atoms with E-state index in [0.717, 1.165) is 18.7 Å². The van der Waals surface area contributed by atoms with Gasteiger partial charge in [0.25, 0.3) is 0 Å². The van der Waals surface area contributed by atoms with E-state index in [0.29, 0.717) is 41.7 Å². The maximum atomic E-state index is 6.04. The molecule has 134 valence electrons. The number of likely N-dealkylation sites (tertiary alicyclic amines) is 1. The summed E-state index contributed by atoms with van der Waals surface area (Å²) in [5.41, 5.74) is 8.22. The minimum absolute atomic E-state index is 0.438. The Morgan fingerprint density at radius 2 is 1.96 bits per heavy atom. The van der Waals surface area contributed by atoms with Crippen molar-refractivity contribution < 1.29 is 4.52 Å². The molecule has 2 N–H and O–H groups in total. The topological polar surface area (TPSA) is 68.2 Å². The van der Waals surface area contributed by atoms with E-state index in [9.17, 15) is 0 Å². The van der Waals surface area contributed by atoms with Crippen LogP contribution in [0.1, 0.15) is 17.4 Å². The van der Waals surface area contributed by atoms with Crippen LogP contribution in [0.5, 0.6) is 0 Å². The molecule has 2 aromatic carbocycles. The Bertz CT molecular complexity index is 867. The van der Waals surface area contributed by atoms with Gasteiger partial charge in [-0.3, -0.25) is 4.90 Å². The van der Waals surface area contributed by atoms with E-state index in [2.05, 4.69) is 39.3 Å². The molecule has 0 bridgehead atoms. The molecular formula is C20H21ClN4O. The summed E-state index contributed by atoms with van der Waals surface area (Å²) >= 11 is 6.04. The van der Waals surface area contributed by atoms with E-state index in [1.165, 1.54) is 5.56 Å². The van der Waals surface area contributed by atoms with E-state index >= 15 is 0 Å². The van der Waals surface area contributed by atoms with Crippen molar-refractivity contribution in [3.05, 3.63) is 71.1 Å². The predicted octanol–water partition coefficient (Wildman–Crippen LogP) is 3.56. The normalized spacial score (nSPS) is 20.5. The summed E-state index contributed by atoms with van der Waals surface area (Å²) in [6.45, 7) is 3.19. The Balaban J connectivity index is 1.47. The molecule has 0 saturated carbocycles. The van der Waals surface area contributed by atoms with Crippen molar-refractivity contribution in [3.8, 4) is 11.4 Å². The summed E-state index contributed by atoms with van der Waals surface area (Å²) in [5.74, 6) is 2.06. The smallest absolute Gasteiger partial charge is 0.241 e. The zero-order chi connectivity index (χ0) is 17.9. The molecule has 3 aromatic rings. The van der Waals surface area contributed by atoms with Crippen LogP contribution in [-0.2, 0) is 6.54 Å². The van der Waals surface area contributed by atoms with Crippen LogP contribution in [0.15, 0.2) is 59.1 Å². The van der Waals surface area contributed by atoms with Gasteiger partial charge in [0, 0.05) is 29.6 Å². The fourth-order valence-electron chi connectivity index (χ4n) is 3.66. The van der Waals surface area contributed by atoms with Crippen LogP contribution in [0.3, 0.4) is 0 Å². The third-order valence-electron chi connectivity index (χ3n) is 4.96. The summed E-state index contributed by atoms with van der Waals surface area (Å²) in [5, 5.41) is 4.75. The molecule has 1 aliphatic heterocycles. The number of halogens is 1. The Morgan fingerprint density at radius 3 is 2.73 bits per heavy atom. The summed E-state index contributed by atoms with van der Waals surface area (Å²) in [6, 6.07) is 18.0. The summed E-state index contributed by atoms with van der Waals surface area (Å²) in [7, 11) is 0. The minimum atomic E-state index is 0.438. The lowest BCUT2D eigenvalue weighted by Crippen LogP contribution is -2.23. The SMILES string of the molecule is NC[C@@H]1CN(Cc2nc(-c3cccc(Cl)c3)no2)C[C@H]1c1ccccc1. The molecule has 1 aliphatic rings. The van der Waals surface area contributed by atoms with Crippen molar-refractivity contribution in [2.24, 2.45) is 11.7 Å². The Labute approximate surface area is 157 Å². The maximum absolute atomic E-state index is 6.04. The number of benzene rings is 2. The first-order chi connectivity index (χ1) is 12.7. The van der Waals surface area contributed by atoms with Gasteiger partial charge < -0.3 is 10.3 Å². The molecule has 0 aliphatic carbocycles. The van der Waals surface area contributed by atoms with Crippen molar-refractivity contribution >= 4 is 11.6 Å². The molecule has 26 heavy (non-hydrogen) atoms. The molecule has 0 unspecified atom stereocenters. The van der Waals surface area contributed by atoms with Gasteiger partial charge in [0.1, 0.15) is 0 Å². The summed E-state index contributed by atoms with van der Waals surface area (Å²) in [4.78, 5) is 6.86. The lowest BCUT2D eigenvalue weighted by molar-refractivity contribution is 0.260. The molecule has 1 aromatic heterocycles. The van der Waals surface area contributed by atoms with Crippen molar-refractivity contribution in [3.63, 3.8) is 0 Å². The molecule has 0 amide bonds. The van der Waals surface area contributed by atoms with Gasteiger partial charge in [-0.2, -0.15) is 4.98 Å². The van der Waals surface area contributed by atoms with Crippen LogP contribution in [0.2, 0.25) is 5.02 Å². The van der Waals surface area contributed by atoms with Crippen molar-refractivity contribution in [2.75, 3.05) is 19.6 Å². The van der Waals surface area contributed by atoms with Gasteiger partial charge in [-0.05, 0) is 30.2 Å². The average molecular weight is 369 g/mol. The minimum Gasteiger partial charge on any atom is -0.338 e. The second-order valence-electron chi connectivity index (χ2n) is 6.73. The highest BCUT2D eigenvalue weighted by molar-refractivity contribution is 6.30. The van der Waals surface area contributed by atoms with Gasteiger partial charge in [0.15, 0.2) is 0 Å². The van der Waals surface area contributed by atoms with Crippen LogP contribution >= 0.6 is 11.6 Å². The number of aromatic nitrogens is 2. The van der Waals surface area contributed by atoms with Crippen LogP contribution in [-0.4, -0.2) is 34.7 Å². The van der Waals surface area contributed by atoms with E-state index in [1.807, 2.05) is 30.3 Å². The van der Waals surface area contributed by atoms with Gasteiger partial charge in [-0.15, -0.1) is 0 Å². The fraction of sp³-hybridized carbons (Fsp3) is 0.300. The highest BCUT2D eigenvalue weighted by Crippen LogP contribution is 2.32. The van der Waals surface area contributed by atoms with Gasteiger partial charge in [0.05, 0.1) is 6.54 Å². The Hall–Kier alpha value is -2.21. The number of hydrogen-bond donors (Lipinski definition) is 1. The average Bonchev–Trinajstić information content (AvgIpc) is 3.30. The third-order valence-corrected chi connectivity index (χ3v) is 5.19. The Morgan fingerprint density at radius 1 is 1.12 bits per heavy atom. The standard InChI is InChI=1S/C20H21ClN4O/c21-17-8-4-7-15(9-17)20-23-19(26-24-20)13-25-11-16(10-22)18(12-25)14-5-2-1-3-6-14/h1-9,16,18H,10-13,22H2/t16-,18+/m1/s1. The van der Waals surface area contributed by atoms with Gasteiger partial charge in [0.2, 0.25) is 11.7 Å². The van der Waals surface area contributed by atoms with Crippen molar-refractivity contribution in [2.45, 2.75) is 12.5 Å². The van der Waals surface area contributed by atoms with Crippen molar-refractivity contribution in [1.82, 2.24) is 15.0 Å². The highest BCUT2D eigenvalue weighted by atomic mass is 35.5. The van der Waals surface area contributed by atoms with Crippen LogP contribution < -0.4 is 5.73 Å². The highest BCUT2D eigenvalue weighted by Gasteiger charge is 2.33. The molecule has 1 fully saturated rings. The summed E-state index contributed by atoms with van der Waals surface area (Å²) in [6.07, 6.45) is 0. The molecule has 0 radical (unpaired) electrons. The van der Waals surface area contributed by atoms with Crippen LogP contribution in [0.25, 0.3) is 11.4 Å². The summed E-state index contributed by atoms with van der Waals surface area (Å²) < 4.78 is 5.45. The first kappa shape index (κ1) is 17.2. The number of nitrogens with two attached hydrogens (primary N) is 1. The molecule has 2 heterocycles. The van der Waals surface area contributed by atoms with E-state index in [-0.39, 0.29) is 0 Å². The zero-order valence-electron chi connectivity index (χ0n) is 14.4. The quantitative estimate of drug-likeness (QED) is 0.745. The number of hydrogen-bond acceptors (Lipinski definition) is 5. The molecule has 0 spiro atoms. The zero-order valence-corrected chi connectivity index (χ0v) is 15.1. The second-order valence-corrected chi connectivity index (χ2v) is 7.17. The van der Waals surface area contributed by atoms with Crippen LogP contribution in [0, 0.1) is 5.92 Å². The molecule has 4 rings (SSSR count). The lowest BCUT2D eigenvalue weighted by Gasteiger charge is -2.16. The van der Waals surface area contributed by atoms with Gasteiger partial charge in [-0.25, -0.2) is 0 Å². The van der Waals surface area contributed by atoms with Gasteiger partial charge in [-0.1, -0.05) is 59.2 Å². The maximum Gasteiger partial charge on any atom is 0.241 e. The van der Waals surface area contributed by atoms with Crippen LogP contribution in [0.4, 0.5) is 0 Å². The molecule has 6 heteroatoms. The third kappa shape index (κ3) is 3.65. The Kier molecular flexibility index (Phi) is 5.02. The van der Waals surface area contributed by atoms with Gasteiger partial charge >= 0.3 is 0 Å². The first-order valence-electron chi connectivity index (χ1n) is 8.79. The monoisotopic (exact) mass is 368 g/mol. The van der Waals surface area contributed by atoms with E-state index in [4.69, 9.17) is 21.9 Å². The number of rotatable bonds is 5. The molecule has 2 atom stereocenters. The molecule has 1 saturated heterocycles. The largest absolute Gasteiger partial charge is 0.338 e.